The van der Waals surface area contributed by atoms with E-state index in [1.165, 1.54) is 5.69 Å². The summed E-state index contributed by atoms with van der Waals surface area (Å²) in [5.41, 5.74) is 1.20. The standard InChI is InChI=1S/C18H27N5O/c1-5-23-17(14(2)3)19-20-18(23)24-16-8-6-7-15(13-16)22-11-9-21(4)10-12-22/h6-8,13-14H,5,9-12H2,1-4H3. The number of hydrogen-bond donors (Lipinski definition) is 0. The highest BCUT2D eigenvalue weighted by Crippen LogP contribution is 2.27. The summed E-state index contributed by atoms with van der Waals surface area (Å²) >= 11 is 0. The van der Waals surface area contributed by atoms with Gasteiger partial charge in [-0.1, -0.05) is 25.0 Å². The number of hydrogen-bond acceptors (Lipinski definition) is 5. The zero-order chi connectivity index (χ0) is 17.1. The van der Waals surface area contributed by atoms with Gasteiger partial charge in [-0.2, -0.15) is 0 Å². The Morgan fingerprint density at radius 2 is 1.88 bits per heavy atom. The summed E-state index contributed by atoms with van der Waals surface area (Å²) in [6.07, 6.45) is 0. The Labute approximate surface area is 144 Å². The van der Waals surface area contributed by atoms with Crippen molar-refractivity contribution in [3.63, 3.8) is 0 Å². The van der Waals surface area contributed by atoms with Gasteiger partial charge in [0.25, 0.3) is 0 Å². The van der Waals surface area contributed by atoms with Crippen molar-refractivity contribution in [2.75, 3.05) is 38.1 Å². The summed E-state index contributed by atoms with van der Waals surface area (Å²) in [5, 5.41) is 8.50. The van der Waals surface area contributed by atoms with Crippen molar-refractivity contribution in [1.82, 2.24) is 19.7 Å². The van der Waals surface area contributed by atoms with E-state index in [-0.39, 0.29) is 0 Å². The summed E-state index contributed by atoms with van der Waals surface area (Å²) in [6.45, 7) is 11.4. The topological polar surface area (TPSA) is 46.4 Å². The molecule has 1 aromatic heterocycles. The number of ether oxygens (including phenoxy) is 1. The Kier molecular flexibility index (Phi) is 5.04. The van der Waals surface area contributed by atoms with Crippen molar-refractivity contribution in [1.29, 1.82) is 0 Å². The number of nitrogens with zero attached hydrogens (tertiary/aromatic N) is 5. The maximum absolute atomic E-state index is 6.04. The first-order valence-electron chi connectivity index (χ1n) is 8.73. The van der Waals surface area contributed by atoms with E-state index in [1.807, 2.05) is 16.7 Å². The summed E-state index contributed by atoms with van der Waals surface area (Å²) in [6, 6.07) is 8.82. The van der Waals surface area contributed by atoms with Crippen molar-refractivity contribution in [3.8, 4) is 11.8 Å². The minimum absolute atomic E-state index is 0.325. The van der Waals surface area contributed by atoms with Gasteiger partial charge in [0, 0.05) is 50.4 Å². The minimum atomic E-state index is 0.325. The molecule has 24 heavy (non-hydrogen) atoms. The molecule has 0 saturated carbocycles. The first kappa shape index (κ1) is 16.8. The Hall–Kier alpha value is -2.08. The molecule has 130 valence electrons. The third-order valence-electron chi connectivity index (χ3n) is 4.47. The summed E-state index contributed by atoms with van der Waals surface area (Å²) in [7, 11) is 2.17. The van der Waals surface area contributed by atoms with Crippen LogP contribution in [0.3, 0.4) is 0 Å². The predicted molar refractivity (Wildman–Crippen MR) is 96.0 cm³/mol. The number of anilines is 1. The van der Waals surface area contributed by atoms with Gasteiger partial charge >= 0.3 is 6.01 Å². The summed E-state index contributed by atoms with van der Waals surface area (Å²) < 4.78 is 8.07. The molecule has 6 heteroatoms. The second kappa shape index (κ2) is 7.21. The van der Waals surface area contributed by atoms with Crippen molar-refractivity contribution in [2.24, 2.45) is 0 Å². The fourth-order valence-corrected chi connectivity index (χ4v) is 3.01. The zero-order valence-corrected chi connectivity index (χ0v) is 15.1. The third-order valence-corrected chi connectivity index (χ3v) is 4.47. The van der Waals surface area contributed by atoms with Gasteiger partial charge in [0.15, 0.2) is 0 Å². The molecule has 0 bridgehead atoms. The lowest BCUT2D eigenvalue weighted by Gasteiger charge is -2.34. The number of aromatic nitrogens is 3. The summed E-state index contributed by atoms with van der Waals surface area (Å²) in [4.78, 5) is 4.75. The van der Waals surface area contributed by atoms with Crippen LogP contribution in [0.4, 0.5) is 5.69 Å². The van der Waals surface area contributed by atoms with E-state index in [9.17, 15) is 0 Å². The molecule has 0 N–H and O–H groups in total. The molecule has 2 aromatic rings. The Morgan fingerprint density at radius 1 is 1.12 bits per heavy atom. The molecule has 2 heterocycles. The average molecular weight is 329 g/mol. The highest BCUT2D eigenvalue weighted by molar-refractivity contribution is 5.51. The van der Waals surface area contributed by atoms with Crippen LogP contribution in [0.15, 0.2) is 24.3 Å². The van der Waals surface area contributed by atoms with E-state index in [1.54, 1.807) is 0 Å². The van der Waals surface area contributed by atoms with Crippen LogP contribution < -0.4 is 9.64 Å². The monoisotopic (exact) mass is 329 g/mol. The normalized spacial score (nSPS) is 16.0. The molecule has 3 rings (SSSR count). The molecule has 0 spiro atoms. The zero-order valence-electron chi connectivity index (χ0n) is 15.1. The molecule has 1 aromatic carbocycles. The van der Waals surface area contributed by atoms with Crippen molar-refractivity contribution >= 4 is 5.69 Å². The second-order valence-electron chi connectivity index (χ2n) is 6.63. The van der Waals surface area contributed by atoms with Crippen LogP contribution in [-0.4, -0.2) is 52.9 Å². The first-order chi connectivity index (χ1) is 11.6. The van der Waals surface area contributed by atoms with Crippen LogP contribution >= 0.6 is 0 Å². The average Bonchev–Trinajstić information content (AvgIpc) is 2.98. The van der Waals surface area contributed by atoms with Gasteiger partial charge in [-0.15, -0.1) is 5.10 Å². The molecule has 6 nitrogen and oxygen atoms in total. The SMILES string of the molecule is CCn1c(Oc2cccc(N3CCN(C)CC3)c2)nnc1C(C)C. The second-order valence-corrected chi connectivity index (χ2v) is 6.63. The van der Waals surface area contributed by atoms with E-state index in [4.69, 9.17) is 4.74 Å². The van der Waals surface area contributed by atoms with Crippen LogP contribution in [0.5, 0.6) is 11.8 Å². The van der Waals surface area contributed by atoms with Gasteiger partial charge in [-0.05, 0) is 26.1 Å². The Bertz CT molecular complexity index is 674. The van der Waals surface area contributed by atoms with E-state index in [2.05, 4.69) is 59.9 Å². The van der Waals surface area contributed by atoms with E-state index < -0.39 is 0 Å². The van der Waals surface area contributed by atoms with Gasteiger partial charge < -0.3 is 14.5 Å². The fraction of sp³-hybridized carbons (Fsp3) is 0.556. The Balaban J connectivity index is 1.78. The molecule has 0 aliphatic carbocycles. The molecule has 0 atom stereocenters. The number of likely N-dealkylation sites (N-methyl/N-ethyl adjacent to an activating group) is 1. The van der Waals surface area contributed by atoms with E-state index >= 15 is 0 Å². The van der Waals surface area contributed by atoms with E-state index in [0.717, 1.165) is 44.3 Å². The third kappa shape index (κ3) is 3.53. The van der Waals surface area contributed by atoms with Crippen molar-refractivity contribution in [3.05, 3.63) is 30.1 Å². The van der Waals surface area contributed by atoms with E-state index in [0.29, 0.717) is 11.9 Å². The molecule has 1 fully saturated rings. The summed E-state index contributed by atoms with van der Waals surface area (Å²) in [5.74, 6) is 2.10. The van der Waals surface area contributed by atoms with Gasteiger partial charge in [-0.3, -0.25) is 4.57 Å². The molecular formula is C18H27N5O. The van der Waals surface area contributed by atoms with Crippen LogP contribution in [-0.2, 0) is 6.54 Å². The maximum Gasteiger partial charge on any atom is 0.322 e. The highest BCUT2D eigenvalue weighted by Gasteiger charge is 2.17. The molecule has 1 saturated heterocycles. The molecule has 0 amide bonds. The number of piperazine rings is 1. The lowest BCUT2D eigenvalue weighted by molar-refractivity contribution is 0.312. The van der Waals surface area contributed by atoms with Gasteiger partial charge in [-0.25, -0.2) is 0 Å². The molecule has 1 aliphatic rings. The minimum Gasteiger partial charge on any atom is -0.424 e. The van der Waals surface area contributed by atoms with Gasteiger partial charge in [0.05, 0.1) is 0 Å². The van der Waals surface area contributed by atoms with Gasteiger partial charge in [0.2, 0.25) is 0 Å². The quantitative estimate of drug-likeness (QED) is 0.844. The number of benzene rings is 1. The van der Waals surface area contributed by atoms with Crippen molar-refractivity contribution < 1.29 is 4.74 Å². The number of rotatable bonds is 5. The van der Waals surface area contributed by atoms with Crippen LogP contribution in [0.25, 0.3) is 0 Å². The molecule has 1 aliphatic heterocycles. The lowest BCUT2D eigenvalue weighted by atomic mass is 10.2. The van der Waals surface area contributed by atoms with Crippen LogP contribution in [0.1, 0.15) is 32.5 Å². The smallest absolute Gasteiger partial charge is 0.322 e. The predicted octanol–water partition coefficient (Wildman–Crippen LogP) is 2.97. The largest absolute Gasteiger partial charge is 0.424 e. The van der Waals surface area contributed by atoms with Crippen LogP contribution in [0.2, 0.25) is 0 Å². The van der Waals surface area contributed by atoms with Crippen molar-refractivity contribution in [2.45, 2.75) is 33.2 Å². The highest BCUT2D eigenvalue weighted by atomic mass is 16.5. The molecule has 0 unspecified atom stereocenters. The maximum atomic E-state index is 6.04. The lowest BCUT2D eigenvalue weighted by Crippen LogP contribution is -2.44. The van der Waals surface area contributed by atoms with Crippen LogP contribution in [0, 0.1) is 0 Å². The first-order valence-corrected chi connectivity index (χ1v) is 8.73. The fourth-order valence-electron chi connectivity index (χ4n) is 3.01. The molecule has 0 radical (unpaired) electrons. The Morgan fingerprint density at radius 3 is 2.54 bits per heavy atom. The molecular weight excluding hydrogens is 302 g/mol. The van der Waals surface area contributed by atoms with Gasteiger partial charge in [0.1, 0.15) is 11.6 Å².